The van der Waals surface area contributed by atoms with Crippen LogP contribution < -0.4 is 10.6 Å². The van der Waals surface area contributed by atoms with Crippen LogP contribution in [0, 0.1) is 0 Å². The van der Waals surface area contributed by atoms with Crippen molar-refractivity contribution in [2.45, 2.75) is 13.0 Å². The Labute approximate surface area is 146 Å². The van der Waals surface area contributed by atoms with Gasteiger partial charge in [-0.2, -0.15) is 0 Å². The van der Waals surface area contributed by atoms with Crippen molar-refractivity contribution in [3.63, 3.8) is 0 Å². The fraction of sp³-hybridized carbons (Fsp3) is 0.238. The van der Waals surface area contributed by atoms with E-state index in [9.17, 15) is 0 Å². The zero-order valence-corrected chi connectivity index (χ0v) is 14.3. The molecule has 5 rings (SSSR count). The molecule has 3 heterocycles. The lowest BCUT2D eigenvalue weighted by atomic mass is 9.99. The normalized spacial score (nSPS) is 18.6. The van der Waals surface area contributed by atoms with Gasteiger partial charge in [-0.1, -0.05) is 36.4 Å². The van der Waals surface area contributed by atoms with Crippen LogP contribution in [0.4, 0.5) is 0 Å². The Morgan fingerprint density at radius 2 is 1.96 bits per heavy atom. The van der Waals surface area contributed by atoms with E-state index in [0.717, 1.165) is 31.9 Å². The molecule has 0 bridgehead atoms. The summed E-state index contributed by atoms with van der Waals surface area (Å²) >= 11 is 0. The van der Waals surface area contributed by atoms with Crippen LogP contribution in [0.15, 0.2) is 48.2 Å². The Kier molecular flexibility index (Phi) is 3.31. The second-order valence-corrected chi connectivity index (χ2v) is 6.70. The van der Waals surface area contributed by atoms with E-state index >= 15 is 0 Å². The van der Waals surface area contributed by atoms with Gasteiger partial charge in [-0.25, -0.2) is 0 Å². The molecule has 1 fully saturated rings. The summed E-state index contributed by atoms with van der Waals surface area (Å²) in [6.07, 6.45) is 1.00. The molecule has 0 spiro atoms. The zero-order valence-electron chi connectivity index (χ0n) is 14.3. The summed E-state index contributed by atoms with van der Waals surface area (Å²) in [6.45, 7) is 2.57. The van der Waals surface area contributed by atoms with Crippen molar-refractivity contribution in [1.82, 2.24) is 15.6 Å². The third-order valence-electron chi connectivity index (χ3n) is 5.06. The van der Waals surface area contributed by atoms with E-state index in [-0.39, 0.29) is 0 Å². The Morgan fingerprint density at radius 1 is 1.12 bits per heavy atom. The first-order valence-corrected chi connectivity index (χ1v) is 8.83. The van der Waals surface area contributed by atoms with Crippen LogP contribution in [-0.2, 0) is 17.7 Å². The van der Waals surface area contributed by atoms with Crippen LogP contribution in [0.2, 0.25) is 0 Å². The molecule has 3 N–H and O–H groups in total. The maximum absolute atomic E-state index is 5.48. The number of epoxide rings is 1. The molecular weight excluding hydrogens is 310 g/mol. The maximum atomic E-state index is 5.48. The van der Waals surface area contributed by atoms with Gasteiger partial charge < -0.3 is 20.4 Å². The Morgan fingerprint density at radius 3 is 2.72 bits per heavy atom. The predicted octanol–water partition coefficient (Wildman–Crippen LogP) is 3.40. The third kappa shape index (κ3) is 2.41. The topological polar surface area (TPSA) is 52.4 Å². The van der Waals surface area contributed by atoms with Crippen LogP contribution in [0.5, 0.6) is 0 Å². The molecule has 3 aromatic rings. The number of aromatic amines is 1. The van der Waals surface area contributed by atoms with Crippen LogP contribution in [0.25, 0.3) is 27.9 Å². The van der Waals surface area contributed by atoms with Crippen molar-refractivity contribution in [2.24, 2.45) is 0 Å². The molecule has 0 radical (unpaired) electrons. The molecule has 4 nitrogen and oxygen atoms in total. The highest BCUT2D eigenvalue weighted by Crippen LogP contribution is 2.38. The lowest BCUT2D eigenvalue weighted by molar-refractivity contribution is 0.509. The number of H-pyrrole nitrogens is 1. The van der Waals surface area contributed by atoms with Gasteiger partial charge in [0.05, 0.1) is 5.70 Å². The molecule has 2 aliphatic rings. The number of hydrogen-bond donors (Lipinski definition) is 3. The number of hydrogen-bond acceptors (Lipinski definition) is 3. The fourth-order valence-corrected chi connectivity index (χ4v) is 3.85. The van der Waals surface area contributed by atoms with E-state index in [1.807, 2.05) is 7.05 Å². The van der Waals surface area contributed by atoms with Crippen molar-refractivity contribution < 1.29 is 4.74 Å². The summed E-state index contributed by atoms with van der Waals surface area (Å²) in [4.78, 5) is 3.66. The van der Waals surface area contributed by atoms with Gasteiger partial charge >= 0.3 is 0 Å². The highest BCUT2D eigenvalue weighted by molar-refractivity contribution is 6.00. The highest BCUT2D eigenvalue weighted by Gasteiger charge is 2.27. The van der Waals surface area contributed by atoms with Gasteiger partial charge in [-0.3, -0.25) is 0 Å². The van der Waals surface area contributed by atoms with Gasteiger partial charge in [0.25, 0.3) is 0 Å². The minimum Gasteiger partial charge on any atom is -0.484 e. The molecular formula is C21H21N3O. The monoisotopic (exact) mass is 331 g/mol. The molecule has 0 amide bonds. The SMILES string of the molecule is CNCc1ccc(-c2[nH]c3cccc4c3c2CCNC4=C2CO2)cc1. The van der Waals surface area contributed by atoms with E-state index < -0.39 is 0 Å². The summed E-state index contributed by atoms with van der Waals surface area (Å²) in [5.74, 6) is 1.08. The molecule has 126 valence electrons. The van der Waals surface area contributed by atoms with Crippen molar-refractivity contribution in [2.75, 3.05) is 20.2 Å². The second kappa shape index (κ2) is 5.67. The van der Waals surface area contributed by atoms with Crippen molar-refractivity contribution in [3.05, 3.63) is 64.9 Å². The summed E-state index contributed by atoms with van der Waals surface area (Å²) in [7, 11) is 1.98. The average molecular weight is 331 g/mol. The number of nitrogens with one attached hydrogen (secondary N) is 3. The van der Waals surface area contributed by atoms with E-state index in [4.69, 9.17) is 4.74 Å². The van der Waals surface area contributed by atoms with Crippen LogP contribution >= 0.6 is 0 Å². The lowest BCUT2D eigenvalue weighted by Gasteiger charge is -2.07. The molecule has 25 heavy (non-hydrogen) atoms. The fourth-order valence-electron chi connectivity index (χ4n) is 3.85. The summed E-state index contributed by atoms with van der Waals surface area (Å²) < 4.78 is 5.48. The van der Waals surface area contributed by atoms with Crippen molar-refractivity contribution >= 4 is 16.6 Å². The van der Waals surface area contributed by atoms with Gasteiger partial charge in [0.15, 0.2) is 5.76 Å². The van der Waals surface area contributed by atoms with Gasteiger partial charge in [0.2, 0.25) is 0 Å². The molecule has 1 aromatic heterocycles. The summed E-state index contributed by atoms with van der Waals surface area (Å²) in [5.41, 5.74) is 8.80. The largest absolute Gasteiger partial charge is 0.484 e. The predicted molar refractivity (Wildman–Crippen MR) is 101 cm³/mol. The number of benzene rings is 2. The van der Waals surface area contributed by atoms with Crippen LogP contribution in [-0.4, -0.2) is 25.2 Å². The van der Waals surface area contributed by atoms with E-state index in [2.05, 4.69) is 58.1 Å². The first-order valence-electron chi connectivity index (χ1n) is 8.83. The minimum atomic E-state index is 0.748. The average Bonchev–Trinajstić information content (AvgIpc) is 3.42. The molecule has 0 saturated carbocycles. The smallest absolute Gasteiger partial charge is 0.158 e. The van der Waals surface area contributed by atoms with Gasteiger partial charge in [-0.05, 0) is 36.2 Å². The molecule has 1 saturated heterocycles. The summed E-state index contributed by atoms with van der Waals surface area (Å²) in [5, 5.41) is 8.11. The van der Waals surface area contributed by atoms with Crippen molar-refractivity contribution in [3.8, 4) is 11.3 Å². The van der Waals surface area contributed by atoms with Crippen LogP contribution in [0.1, 0.15) is 16.7 Å². The second-order valence-electron chi connectivity index (χ2n) is 6.70. The van der Waals surface area contributed by atoms with Gasteiger partial charge in [0, 0.05) is 35.2 Å². The Hall–Kier alpha value is -2.72. The van der Waals surface area contributed by atoms with Gasteiger partial charge in [0.1, 0.15) is 6.61 Å². The molecule has 0 unspecified atom stereocenters. The third-order valence-corrected chi connectivity index (χ3v) is 5.06. The maximum Gasteiger partial charge on any atom is 0.158 e. The Bertz CT molecular complexity index is 976. The molecule has 4 heteroatoms. The quantitative estimate of drug-likeness (QED) is 0.645. The molecule has 2 aliphatic heterocycles. The van der Waals surface area contributed by atoms with E-state index in [0.29, 0.717) is 0 Å². The standard InChI is InChI=1S/C21H21N3O/c1-22-11-13-5-7-14(8-6-13)20-16-9-10-23-21(18-12-25-18)15-3-2-4-17(24-20)19(15)16/h2-8,22-24H,9-12H2,1H3. The molecule has 0 atom stereocenters. The number of aromatic nitrogens is 1. The first kappa shape index (κ1) is 14.6. The zero-order chi connectivity index (χ0) is 16.8. The van der Waals surface area contributed by atoms with E-state index in [1.165, 1.54) is 44.5 Å². The Balaban J connectivity index is 1.69. The van der Waals surface area contributed by atoms with Crippen LogP contribution in [0.3, 0.4) is 0 Å². The lowest BCUT2D eigenvalue weighted by Crippen LogP contribution is -2.13. The number of ether oxygens (including phenoxy) is 1. The van der Waals surface area contributed by atoms with Gasteiger partial charge in [-0.15, -0.1) is 0 Å². The first-order chi connectivity index (χ1) is 12.3. The molecule has 2 aromatic carbocycles. The number of rotatable bonds is 3. The summed E-state index contributed by atoms with van der Waals surface area (Å²) in [6, 6.07) is 15.3. The minimum absolute atomic E-state index is 0.748. The highest BCUT2D eigenvalue weighted by atomic mass is 16.6. The molecule has 0 aliphatic carbocycles. The van der Waals surface area contributed by atoms with E-state index in [1.54, 1.807) is 0 Å². The van der Waals surface area contributed by atoms with Crippen molar-refractivity contribution in [1.29, 1.82) is 0 Å².